The van der Waals surface area contributed by atoms with Gasteiger partial charge < -0.3 is 4.74 Å². The number of esters is 1. The van der Waals surface area contributed by atoms with Crippen LogP contribution in [0, 0.1) is 11.3 Å². The Bertz CT molecular complexity index is 421. The van der Waals surface area contributed by atoms with Gasteiger partial charge in [0.2, 0.25) is 0 Å². The first kappa shape index (κ1) is 9.86. The molecule has 0 bridgehead atoms. The number of hydrogen-bond donors (Lipinski definition) is 0. The van der Waals surface area contributed by atoms with Crippen LogP contribution >= 0.6 is 0 Å². The van der Waals surface area contributed by atoms with Gasteiger partial charge in [0.05, 0.1) is 18.7 Å². The Balaban J connectivity index is 3.25. The van der Waals surface area contributed by atoms with Crippen LogP contribution in [0.25, 0.3) is 0 Å². The first-order chi connectivity index (χ1) is 6.71. The van der Waals surface area contributed by atoms with Crippen molar-refractivity contribution in [2.45, 2.75) is 0 Å². The van der Waals surface area contributed by atoms with Crippen LogP contribution < -0.4 is 0 Å². The Kier molecular flexibility index (Phi) is 2.92. The Morgan fingerprint density at radius 3 is 2.86 bits per heavy atom. The summed E-state index contributed by atoms with van der Waals surface area (Å²) in [5, 5.41) is 8.59. The minimum Gasteiger partial charge on any atom is -0.464 e. The monoisotopic (exact) mass is 190 g/mol. The summed E-state index contributed by atoms with van der Waals surface area (Å²) in [7, 11) is 1.20. The molecule has 1 rings (SSSR count). The third kappa shape index (κ3) is 1.93. The molecule has 0 radical (unpaired) electrons. The molecule has 0 fully saturated rings. The summed E-state index contributed by atoms with van der Waals surface area (Å²) in [6.07, 6.45) is 0.466. The summed E-state index contributed by atoms with van der Waals surface area (Å²) in [5.74, 6) is -0.676. The maximum Gasteiger partial charge on any atom is 0.356 e. The van der Waals surface area contributed by atoms with Crippen LogP contribution in [0.1, 0.15) is 26.5 Å². The minimum absolute atomic E-state index is 0.0319. The lowest BCUT2D eigenvalue weighted by molar-refractivity contribution is 0.0594. The van der Waals surface area contributed by atoms with E-state index in [4.69, 9.17) is 5.26 Å². The van der Waals surface area contributed by atoms with Crippen molar-refractivity contribution < 1.29 is 14.3 Å². The van der Waals surface area contributed by atoms with Gasteiger partial charge in [-0.15, -0.1) is 0 Å². The molecule has 0 N–H and O–H groups in total. The second kappa shape index (κ2) is 4.14. The number of nitriles is 1. The molecule has 0 aliphatic heterocycles. The zero-order valence-electron chi connectivity index (χ0n) is 7.35. The molecular weight excluding hydrogens is 184 g/mol. The molecule has 5 heteroatoms. The number of aromatic nitrogens is 1. The Labute approximate surface area is 79.9 Å². The molecule has 14 heavy (non-hydrogen) atoms. The number of carbonyl (C=O) groups is 2. The zero-order chi connectivity index (χ0) is 10.6. The first-order valence-corrected chi connectivity index (χ1v) is 3.67. The van der Waals surface area contributed by atoms with Gasteiger partial charge in [-0.3, -0.25) is 4.79 Å². The van der Waals surface area contributed by atoms with E-state index in [0.29, 0.717) is 6.29 Å². The average molecular weight is 190 g/mol. The van der Waals surface area contributed by atoms with Gasteiger partial charge in [0.25, 0.3) is 0 Å². The fourth-order valence-corrected chi connectivity index (χ4v) is 0.886. The highest BCUT2D eigenvalue weighted by molar-refractivity contribution is 5.88. The quantitative estimate of drug-likeness (QED) is 0.502. The van der Waals surface area contributed by atoms with E-state index in [-0.39, 0.29) is 17.0 Å². The number of hydrogen-bond acceptors (Lipinski definition) is 5. The minimum atomic E-state index is -0.676. The third-order valence-electron chi connectivity index (χ3n) is 1.49. The number of carbonyl (C=O) groups excluding carboxylic acids is 2. The van der Waals surface area contributed by atoms with E-state index in [9.17, 15) is 9.59 Å². The van der Waals surface area contributed by atoms with Crippen LogP contribution in [0.5, 0.6) is 0 Å². The van der Waals surface area contributed by atoms with Crippen molar-refractivity contribution in [3.05, 3.63) is 29.1 Å². The number of methoxy groups -OCH3 is 1. The molecular formula is C9H6N2O3. The second-order valence-electron chi connectivity index (χ2n) is 2.39. The van der Waals surface area contributed by atoms with Crippen molar-refractivity contribution in [2.75, 3.05) is 7.11 Å². The zero-order valence-corrected chi connectivity index (χ0v) is 7.35. The van der Waals surface area contributed by atoms with Gasteiger partial charge in [0, 0.05) is 0 Å². The summed E-state index contributed by atoms with van der Waals surface area (Å²) >= 11 is 0. The molecule has 0 saturated heterocycles. The summed E-state index contributed by atoms with van der Waals surface area (Å²) < 4.78 is 4.41. The van der Waals surface area contributed by atoms with Gasteiger partial charge in [0.15, 0.2) is 6.29 Å². The largest absolute Gasteiger partial charge is 0.464 e. The highest BCUT2D eigenvalue weighted by Crippen LogP contribution is 2.04. The molecule has 70 valence electrons. The van der Waals surface area contributed by atoms with Crippen molar-refractivity contribution in [3.63, 3.8) is 0 Å². The van der Waals surface area contributed by atoms with E-state index >= 15 is 0 Å². The highest BCUT2D eigenvalue weighted by atomic mass is 16.5. The van der Waals surface area contributed by atoms with E-state index in [1.54, 1.807) is 0 Å². The fraction of sp³-hybridized carbons (Fsp3) is 0.111. The standard InChI is InChI=1S/C9H6N2O3/c1-14-9(13)8-3-6(4-10)2-7(5-12)11-8/h2-3,5H,1H3. The second-order valence-corrected chi connectivity index (χ2v) is 2.39. The van der Waals surface area contributed by atoms with Gasteiger partial charge in [-0.2, -0.15) is 5.26 Å². The molecule has 1 aromatic heterocycles. The van der Waals surface area contributed by atoms with Gasteiger partial charge in [-0.1, -0.05) is 0 Å². The molecule has 0 aromatic carbocycles. The molecule has 0 atom stereocenters. The van der Waals surface area contributed by atoms with Crippen LogP contribution in [0.3, 0.4) is 0 Å². The Morgan fingerprint density at radius 1 is 1.64 bits per heavy atom. The van der Waals surface area contributed by atoms with Crippen LogP contribution in [0.4, 0.5) is 0 Å². The fourth-order valence-electron chi connectivity index (χ4n) is 0.886. The van der Waals surface area contributed by atoms with Gasteiger partial charge in [-0.25, -0.2) is 9.78 Å². The summed E-state index contributed by atoms with van der Waals surface area (Å²) in [6, 6.07) is 4.37. The molecule has 1 aromatic rings. The molecule has 0 spiro atoms. The smallest absolute Gasteiger partial charge is 0.356 e. The SMILES string of the molecule is COC(=O)c1cc(C#N)cc(C=O)n1. The molecule has 0 aliphatic rings. The van der Waals surface area contributed by atoms with Gasteiger partial charge >= 0.3 is 5.97 Å². The van der Waals surface area contributed by atoms with E-state index in [2.05, 4.69) is 9.72 Å². The Hall–Kier alpha value is -2.22. The summed E-state index contributed by atoms with van der Waals surface area (Å²) in [4.78, 5) is 25.1. The molecule has 0 aliphatic carbocycles. The highest BCUT2D eigenvalue weighted by Gasteiger charge is 2.09. The first-order valence-electron chi connectivity index (χ1n) is 3.67. The predicted molar refractivity (Wildman–Crippen MR) is 45.7 cm³/mol. The van der Waals surface area contributed by atoms with Crippen LogP contribution in [-0.4, -0.2) is 24.3 Å². The van der Waals surface area contributed by atoms with Crippen LogP contribution in [0.15, 0.2) is 12.1 Å². The number of rotatable bonds is 2. The van der Waals surface area contributed by atoms with Crippen molar-refractivity contribution in [1.82, 2.24) is 4.98 Å². The lowest BCUT2D eigenvalue weighted by atomic mass is 10.2. The maximum absolute atomic E-state index is 11.0. The van der Waals surface area contributed by atoms with Crippen molar-refractivity contribution in [3.8, 4) is 6.07 Å². The van der Waals surface area contributed by atoms with Gasteiger partial charge in [0.1, 0.15) is 11.4 Å². The molecule has 1 heterocycles. The third-order valence-corrected chi connectivity index (χ3v) is 1.49. The molecule has 5 nitrogen and oxygen atoms in total. The topological polar surface area (TPSA) is 80.0 Å². The van der Waals surface area contributed by atoms with Crippen LogP contribution in [-0.2, 0) is 4.74 Å². The lowest BCUT2D eigenvalue weighted by Gasteiger charge is -1.99. The van der Waals surface area contributed by atoms with Crippen molar-refractivity contribution in [2.24, 2.45) is 0 Å². The summed E-state index contributed by atoms with van der Waals surface area (Å²) in [6.45, 7) is 0. The number of pyridine rings is 1. The van der Waals surface area contributed by atoms with Crippen LogP contribution in [0.2, 0.25) is 0 Å². The maximum atomic E-state index is 11.0. The number of nitrogens with zero attached hydrogens (tertiary/aromatic N) is 2. The molecule has 0 saturated carbocycles. The average Bonchev–Trinajstić information content (AvgIpc) is 2.27. The normalized spacial score (nSPS) is 8.86. The number of aldehydes is 1. The molecule has 0 amide bonds. The van der Waals surface area contributed by atoms with E-state index in [1.165, 1.54) is 19.2 Å². The molecule has 0 unspecified atom stereocenters. The lowest BCUT2D eigenvalue weighted by Crippen LogP contribution is -2.06. The Morgan fingerprint density at radius 2 is 2.36 bits per heavy atom. The predicted octanol–water partition coefficient (Wildman–Crippen LogP) is 0.552. The van der Waals surface area contributed by atoms with Gasteiger partial charge in [-0.05, 0) is 12.1 Å². The number of ether oxygens (including phenoxy) is 1. The van der Waals surface area contributed by atoms with E-state index in [1.807, 2.05) is 6.07 Å². The van der Waals surface area contributed by atoms with E-state index in [0.717, 1.165) is 0 Å². The summed E-state index contributed by atoms with van der Waals surface area (Å²) in [5.41, 5.74) is 0.181. The van der Waals surface area contributed by atoms with Crippen molar-refractivity contribution >= 4 is 12.3 Å². The van der Waals surface area contributed by atoms with Crippen molar-refractivity contribution in [1.29, 1.82) is 5.26 Å². The van der Waals surface area contributed by atoms with E-state index < -0.39 is 5.97 Å².